The predicted molar refractivity (Wildman–Crippen MR) is 84.5 cm³/mol. The van der Waals surface area contributed by atoms with Crippen molar-refractivity contribution >= 4 is 0 Å². The molecular formula is C18H30N2. The third-order valence-corrected chi connectivity index (χ3v) is 6.63. The van der Waals surface area contributed by atoms with E-state index in [1.807, 2.05) is 0 Å². The highest BCUT2D eigenvalue weighted by molar-refractivity contribution is 5.30. The van der Waals surface area contributed by atoms with Crippen LogP contribution in [0.1, 0.15) is 65.3 Å². The van der Waals surface area contributed by atoms with Crippen molar-refractivity contribution < 1.29 is 0 Å². The maximum absolute atomic E-state index is 6.37. The normalized spacial score (nSPS) is 30.1. The summed E-state index contributed by atoms with van der Waals surface area (Å²) in [4.78, 5) is 0. The van der Waals surface area contributed by atoms with Crippen LogP contribution in [0, 0.1) is 22.2 Å². The smallest absolute Gasteiger partial charge is 0.0318 e. The van der Waals surface area contributed by atoms with Gasteiger partial charge in [-0.05, 0) is 46.6 Å². The van der Waals surface area contributed by atoms with Gasteiger partial charge in [0.2, 0.25) is 0 Å². The Balaban J connectivity index is 1.88. The molecule has 1 aromatic rings. The molecule has 1 saturated carbocycles. The molecule has 1 atom stereocenters. The van der Waals surface area contributed by atoms with Crippen molar-refractivity contribution in [2.24, 2.45) is 27.9 Å². The van der Waals surface area contributed by atoms with E-state index in [1.54, 1.807) is 0 Å². The first kappa shape index (κ1) is 14.2. The van der Waals surface area contributed by atoms with Crippen LogP contribution in [0.25, 0.3) is 0 Å². The lowest BCUT2D eigenvalue weighted by Crippen LogP contribution is -2.30. The highest BCUT2D eigenvalue weighted by atomic mass is 15.0. The average molecular weight is 274 g/mol. The van der Waals surface area contributed by atoms with Crippen LogP contribution >= 0.6 is 0 Å². The van der Waals surface area contributed by atoms with Crippen LogP contribution in [0.5, 0.6) is 0 Å². The second-order valence-electron chi connectivity index (χ2n) is 9.02. The molecule has 0 radical (unpaired) electrons. The molecule has 0 aromatic carbocycles. The molecule has 112 valence electrons. The number of hydrogen-bond acceptors (Lipinski definition) is 1. The van der Waals surface area contributed by atoms with Gasteiger partial charge in [0, 0.05) is 24.5 Å². The maximum atomic E-state index is 6.37. The highest BCUT2D eigenvalue weighted by Crippen LogP contribution is 2.69. The van der Waals surface area contributed by atoms with E-state index in [0.29, 0.717) is 16.2 Å². The van der Waals surface area contributed by atoms with Crippen molar-refractivity contribution in [2.45, 2.75) is 67.0 Å². The van der Waals surface area contributed by atoms with Crippen LogP contribution in [0.3, 0.4) is 0 Å². The Kier molecular flexibility index (Phi) is 2.77. The Morgan fingerprint density at radius 1 is 1.15 bits per heavy atom. The molecule has 1 fully saturated rings. The van der Waals surface area contributed by atoms with Gasteiger partial charge < -0.3 is 10.3 Å². The van der Waals surface area contributed by atoms with Crippen molar-refractivity contribution in [1.29, 1.82) is 0 Å². The summed E-state index contributed by atoms with van der Waals surface area (Å²) in [6.07, 6.45) is 4.54. The van der Waals surface area contributed by atoms with Gasteiger partial charge in [-0.15, -0.1) is 0 Å². The Bertz CT molecular complexity index is 520. The van der Waals surface area contributed by atoms with Gasteiger partial charge >= 0.3 is 0 Å². The van der Waals surface area contributed by atoms with E-state index in [0.717, 1.165) is 25.3 Å². The Morgan fingerprint density at radius 2 is 1.75 bits per heavy atom. The molecule has 0 aliphatic heterocycles. The van der Waals surface area contributed by atoms with E-state index in [2.05, 4.69) is 58.4 Å². The summed E-state index contributed by atoms with van der Waals surface area (Å²) in [5.74, 6) is 0.771. The van der Waals surface area contributed by atoms with Gasteiger partial charge in [-0.3, -0.25) is 0 Å². The summed E-state index contributed by atoms with van der Waals surface area (Å²) in [7, 11) is 0. The third-order valence-electron chi connectivity index (χ3n) is 6.63. The van der Waals surface area contributed by atoms with E-state index in [4.69, 9.17) is 5.73 Å². The molecule has 1 unspecified atom stereocenters. The first-order chi connectivity index (χ1) is 9.06. The van der Waals surface area contributed by atoms with Crippen molar-refractivity contribution in [3.63, 3.8) is 0 Å². The number of nitrogens with two attached hydrogens (primary N) is 1. The van der Waals surface area contributed by atoms with E-state index in [1.165, 1.54) is 11.3 Å². The fourth-order valence-corrected chi connectivity index (χ4v) is 4.45. The highest BCUT2D eigenvalue weighted by Gasteiger charge is 2.64. The summed E-state index contributed by atoms with van der Waals surface area (Å²) in [5.41, 5.74) is 10.5. The van der Waals surface area contributed by atoms with Crippen LogP contribution in [-0.2, 0) is 13.0 Å². The molecule has 2 aliphatic carbocycles. The van der Waals surface area contributed by atoms with Gasteiger partial charge in [-0.25, -0.2) is 0 Å². The third kappa shape index (κ3) is 1.88. The lowest BCUT2D eigenvalue weighted by Gasteiger charge is -2.34. The van der Waals surface area contributed by atoms with Gasteiger partial charge in [0.15, 0.2) is 0 Å². The minimum atomic E-state index is 0.218. The molecule has 0 spiro atoms. The van der Waals surface area contributed by atoms with Crippen LogP contribution in [-0.4, -0.2) is 4.57 Å². The number of hydrogen-bond donors (Lipinski definition) is 1. The van der Waals surface area contributed by atoms with Gasteiger partial charge in [0.1, 0.15) is 0 Å². The molecule has 20 heavy (non-hydrogen) atoms. The van der Waals surface area contributed by atoms with Gasteiger partial charge in [-0.1, -0.05) is 41.5 Å². The maximum Gasteiger partial charge on any atom is 0.0318 e. The molecule has 2 heteroatoms. The molecule has 2 N–H and O–H groups in total. The van der Waals surface area contributed by atoms with Gasteiger partial charge in [-0.2, -0.15) is 0 Å². The van der Waals surface area contributed by atoms with Crippen molar-refractivity contribution in [2.75, 3.05) is 0 Å². The van der Waals surface area contributed by atoms with Crippen molar-refractivity contribution in [3.8, 4) is 0 Å². The zero-order valence-corrected chi connectivity index (χ0v) is 14.0. The zero-order valence-electron chi connectivity index (χ0n) is 14.0. The quantitative estimate of drug-likeness (QED) is 0.863. The fraction of sp³-hybridized carbons (Fsp3) is 0.778. The summed E-state index contributed by atoms with van der Waals surface area (Å²) in [5, 5.41) is 0. The number of nitrogens with zero attached hydrogens (tertiary/aromatic N) is 1. The first-order valence-corrected chi connectivity index (χ1v) is 8.00. The van der Waals surface area contributed by atoms with Crippen LogP contribution in [0.15, 0.2) is 12.3 Å². The molecule has 2 aliphatic rings. The van der Waals surface area contributed by atoms with Crippen LogP contribution in [0.2, 0.25) is 0 Å². The molecule has 0 amide bonds. The summed E-state index contributed by atoms with van der Waals surface area (Å²) in [6.45, 7) is 15.5. The zero-order chi connectivity index (χ0) is 14.9. The first-order valence-electron chi connectivity index (χ1n) is 8.00. The van der Waals surface area contributed by atoms with E-state index >= 15 is 0 Å². The minimum Gasteiger partial charge on any atom is -0.351 e. The molecular weight excluding hydrogens is 244 g/mol. The molecule has 0 saturated heterocycles. The lowest BCUT2D eigenvalue weighted by atomic mass is 9.74. The average Bonchev–Trinajstić information content (AvgIpc) is 2.61. The van der Waals surface area contributed by atoms with E-state index < -0.39 is 0 Å². The topological polar surface area (TPSA) is 30.9 Å². The van der Waals surface area contributed by atoms with Gasteiger partial charge in [0.05, 0.1) is 0 Å². The summed E-state index contributed by atoms with van der Waals surface area (Å²) in [6, 6.07) is 2.48. The number of aromatic nitrogens is 1. The largest absolute Gasteiger partial charge is 0.351 e. The number of fused-ring (bicyclic) bond motifs is 1. The van der Waals surface area contributed by atoms with Gasteiger partial charge in [0.25, 0.3) is 0 Å². The molecule has 0 bridgehead atoms. The molecule has 3 rings (SSSR count). The van der Waals surface area contributed by atoms with E-state index in [-0.39, 0.29) is 6.04 Å². The Labute approximate surface area is 123 Å². The molecule has 1 heterocycles. The predicted octanol–water partition coefficient (Wildman–Crippen LogP) is 4.14. The van der Waals surface area contributed by atoms with E-state index in [9.17, 15) is 0 Å². The molecule has 2 nitrogen and oxygen atoms in total. The van der Waals surface area contributed by atoms with Crippen molar-refractivity contribution in [1.82, 2.24) is 4.57 Å². The number of rotatable bonds is 2. The standard InChI is InChI=1S/C18H30N2/c1-16(2)9-13(19)12-7-8-20(14(12)10-16)11-15-17(3,4)18(15,5)6/h7-8,13,15H,9-11,19H2,1-6H3. The second kappa shape index (κ2) is 3.91. The SMILES string of the molecule is CC1(C)Cc2c(ccn2CC2C(C)(C)C2(C)C)C(N)C1. The monoisotopic (exact) mass is 274 g/mol. The Morgan fingerprint density at radius 3 is 2.30 bits per heavy atom. The van der Waals surface area contributed by atoms with Crippen LogP contribution < -0.4 is 5.73 Å². The lowest BCUT2D eigenvalue weighted by molar-refractivity contribution is 0.273. The fourth-order valence-electron chi connectivity index (χ4n) is 4.45. The summed E-state index contributed by atoms with van der Waals surface area (Å²) >= 11 is 0. The summed E-state index contributed by atoms with van der Waals surface area (Å²) < 4.78 is 2.50. The molecule has 1 aromatic heterocycles. The van der Waals surface area contributed by atoms with Crippen molar-refractivity contribution in [3.05, 3.63) is 23.5 Å². The second-order valence-corrected chi connectivity index (χ2v) is 9.02. The Hall–Kier alpha value is -0.760. The van der Waals surface area contributed by atoms with Crippen LogP contribution in [0.4, 0.5) is 0 Å². The minimum absolute atomic E-state index is 0.218.